The molecule has 0 aliphatic heterocycles. The molecular formula is C17H16O3. The minimum atomic E-state index is -0.957. The van der Waals surface area contributed by atoms with Gasteiger partial charge >= 0.3 is 5.97 Å². The van der Waals surface area contributed by atoms with Crippen molar-refractivity contribution in [2.24, 2.45) is 0 Å². The molecule has 0 spiro atoms. The standard InChI is InChI=1S/C17H16O3/c1-12-6-5-8-13(10-12)15(17(18)19)11-14-7-3-4-9-16(14)20-2/h3-11H,1-2H3,(H,18,19)/b15-11+. The van der Waals surface area contributed by atoms with Gasteiger partial charge in [0.25, 0.3) is 0 Å². The van der Waals surface area contributed by atoms with Crippen LogP contribution in [0.5, 0.6) is 5.75 Å². The monoisotopic (exact) mass is 268 g/mol. The summed E-state index contributed by atoms with van der Waals surface area (Å²) in [4.78, 5) is 11.5. The number of rotatable bonds is 4. The van der Waals surface area contributed by atoms with E-state index < -0.39 is 5.97 Å². The van der Waals surface area contributed by atoms with Gasteiger partial charge in [0.1, 0.15) is 5.75 Å². The van der Waals surface area contributed by atoms with Crippen molar-refractivity contribution in [2.45, 2.75) is 6.92 Å². The molecule has 3 nitrogen and oxygen atoms in total. The van der Waals surface area contributed by atoms with Gasteiger partial charge in [0, 0.05) is 5.56 Å². The number of carbonyl (C=O) groups is 1. The van der Waals surface area contributed by atoms with Crippen LogP contribution >= 0.6 is 0 Å². The van der Waals surface area contributed by atoms with E-state index in [0.717, 1.165) is 11.1 Å². The van der Waals surface area contributed by atoms with E-state index in [2.05, 4.69) is 0 Å². The maximum atomic E-state index is 11.5. The number of para-hydroxylation sites is 1. The smallest absolute Gasteiger partial charge is 0.336 e. The minimum absolute atomic E-state index is 0.248. The molecule has 0 aliphatic rings. The molecule has 2 aromatic rings. The highest BCUT2D eigenvalue weighted by atomic mass is 16.5. The van der Waals surface area contributed by atoms with Gasteiger partial charge in [0.05, 0.1) is 12.7 Å². The molecule has 0 aliphatic carbocycles. The minimum Gasteiger partial charge on any atom is -0.496 e. The van der Waals surface area contributed by atoms with Crippen LogP contribution in [-0.4, -0.2) is 18.2 Å². The van der Waals surface area contributed by atoms with Crippen LogP contribution in [-0.2, 0) is 4.79 Å². The second-order valence-electron chi connectivity index (χ2n) is 4.47. The number of methoxy groups -OCH3 is 1. The van der Waals surface area contributed by atoms with E-state index in [0.29, 0.717) is 11.3 Å². The average molecular weight is 268 g/mol. The van der Waals surface area contributed by atoms with Crippen molar-refractivity contribution in [3.05, 3.63) is 65.2 Å². The molecule has 0 fully saturated rings. The molecule has 0 saturated heterocycles. The fraction of sp³-hybridized carbons (Fsp3) is 0.118. The van der Waals surface area contributed by atoms with E-state index in [1.54, 1.807) is 19.3 Å². The highest BCUT2D eigenvalue weighted by Crippen LogP contribution is 2.25. The van der Waals surface area contributed by atoms with Crippen LogP contribution < -0.4 is 4.74 Å². The Hall–Kier alpha value is -2.55. The van der Waals surface area contributed by atoms with Crippen molar-refractivity contribution in [3.8, 4) is 5.75 Å². The van der Waals surface area contributed by atoms with Gasteiger partial charge in [-0.2, -0.15) is 0 Å². The Bertz CT molecular complexity index is 657. The zero-order chi connectivity index (χ0) is 14.5. The Morgan fingerprint density at radius 3 is 2.55 bits per heavy atom. The first-order valence-corrected chi connectivity index (χ1v) is 6.27. The van der Waals surface area contributed by atoms with Gasteiger partial charge in [-0.3, -0.25) is 0 Å². The number of hydrogen-bond donors (Lipinski definition) is 1. The summed E-state index contributed by atoms with van der Waals surface area (Å²) in [7, 11) is 1.57. The van der Waals surface area contributed by atoms with Gasteiger partial charge in [-0.05, 0) is 24.6 Å². The third-order valence-electron chi connectivity index (χ3n) is 3.00. The molecule has 20 heavy (non-hydrogen) atoms. The zero-order valence-corrected chi connectivity index (χ0v) is 11.5. The normalized spacial score (nSPS) is 11.2. The molecule has 0 saturated carbocycles. The van der Waals surface area contributed by atoms with E-state index in [9.17, 15) is 9.90 Å². The summed E-state index contributed by atoms with van der Waals surface area (Å²) < 4.78 is 5.25. The molecule has 2 aromatic carbocycles. The molecule has 0 unspecified atom stereocenters. The van der Waals surface area contributed by atoms with Gasteiger partial charge in [-0.1, -0.05) is 48.0 Å². The molecule has 1 N–H and O–H groups in total. The zero-order valence-electron chi connectivity index (χ0n) is 11.5. The first-order chi connectivity index (χ1) is 9.61. The van der Waals surface area contributed by atoms with Crippen molar-refractivity contribution < 1.29 is 14.6 Å². The second kappa shape index (κ2) is 6.06. The maximum Gasteiger partial charge on any atom is 0.336 e. The molecule has 0 aromatic heterocycles. The molecule has 0 atom stereocenters. The second-order valence-corrected chi connectivity index (χ2v) is 4.47. The lowest BCUT2D eigenvalue weighted by molar-refractivity contribution is -0.130. The number of carboxylic acid groups (broad SMARTS) is 1. The molecule has 0 heterocycles. The highest BCUT2D eigenvalue weighted by molar-refractivity contribution is 6.20. The molecule has 0 bridgehead atoms. The summed E-state index contributed by atoms with van der Waals surface area (Å²) in [6.07, 6.45) is 1.63. The van der Waals surface area contributed by atoms with E-state index in [1.165, 1.54) is 0 Å². The van der Waals surface area contributed by atoms with E-state index in [1.807, 2.05) is 49.4 Å². The van der Waals surface area contributed by atoms with Gasteiger partial charge in [0.15, 0.2) is 0 Å². The van der Waals surface area contributed by atoms with Crippen LogP contribution in [0, 0.1) is 6.92 Å². The Morgan fingerprint density at radius 1 is 1.15 bits per heavy atom. The molecule has 102 valence electrons. The van der Waals surface area contributed by atoms with Crippen LogP contribution in [0.2, 0.25) is 0 Å². The lowest BCUT2D eigenvalue weighted by Crippen LogP contribution is -2.00. The fourth-order valence-electron chi connectivity index (χ4n) is 2.02. The fourth-order valence-corrected chi connectivity index (χ4v) is 2.02. The summed E-state index contributed by atoms with van der Waals surface area (Å²) in [5.74, 6) is -0.305. The quantitative estimate of drug-likeness (QED) is 0.680. The third-order valence-corrected chi connectivity index (χ3v) is 3.00. The first-order valence-electron chi connectivity index (χ1n) is 6.27. The molecule has 0 amide bonds. The molecular weight excluding hydrogens is 252 g/mol. The number of aliphatic carboxylic acids is 1. The van der Waals surface area contributed by atoms with Crippen LogP contribution in [0.15, 0.2) is 48.5 Å². The van der Waals surface area contributed by atoms with Crippen LogP contribution in [0.3, 0.4) is 0 Å². The number of ether oxygens (including phenoxy) is 1. The average Bonchev–Trinajstić information content (AvgIpc) is 2.44. The van der Waals surface area contributed by atoms with Crippen LogP contribution in [0.4, 0.5) is 0 Å². The Morgan fingerprint density at radius 2 is 1.90 bits per heavy atom. The summed E-state index contributed by atoms with van der Waals surface area (Å²) in [5, 5.41) is 9.43. The Labute approximate surface area is 118 Å². The summed E-state index contributed by atoms with van der Waals surface area (Å²) >= 11 is 0. The lowest BCUT2D eigenvalue weighted by atomic mass is 10.0. The van der Waals surface area contributed by atoms with Crippen LogP contribution in [0.1, 0.15) is 16.7 Å². The van der Waals surface area contributed by atoms with E-state index in [-0.39, 0.29) is 5.57 Å². The van der Waals surface area contributed by atoms with E-state index in [4.69, 9.17) is 4.74 Å². The summed E-state index contributed by atoms with van der Waals surface area (Å²) in [6.45, 7) is 1.94. The van der Waals surface area contributed by atoms with Crippen molar-refractivity contribution >= 4 is 17.6 Å². The van der Waals surface area contributed by atoms with Gasteiger partial charge < -0.3 is 9.84 Å². The Balaban J connectivity index is 2.53. The summed E-state index contributed by atoms with van der Waals surface area (Å²) in [6, 6.07) is 14.8. The molecule has 3 heteroatoms. The Kier molecular flexibility index (Phi) is 4.20. The predicted octanol–water partition coefficient (Wildman–Crippen LogP) is 3.63. The number of hydrogen-bond acceptors (Lipinski definition) is 2. The predicted molar refractivity (Wildman–Crippen MR) is 79.7 cm³/mol. The highest BCUT2D eigenvalue weighted by Gasteiger charge is 2.12. The van der Waals surface area contributed by atoms with Crippen molar-refractivity contribution in [1.29, 1.82) is 0 Å². The third kappa shape index (κ3) is 3.06. The largest absolute Gasteiger partial charge is 0.496 e. The van der Waals surface area contributed by atoms with E-state index >= 15 is 0 Å². The maximum absolute atomic E-state index is 11.5. The van der Waals surface area contributed by atoms with Crippen LogP contribution in [0.25, 0.3) is 11.6 Å². The SMILES string of the molecule is COc1ccccc1/C=C(/C(=O)O)c1cccc(C)c1. The number of carboxylic acids is 1. The first kappa shape index (κ1) is 13.9. The van der Waals surface area contributed by atoms with Crippen molar-refractivity contribution in [2.75, 3.05) is 7.11 Å². The molecule has 0 radical (unpaired) electrons. The van der Waals surface area contributed by atoms with Gasteiger partial charge in [0.2, 0.25) is 0 Å². The summed E-state index contributed by atoms with van der Waals surface area (Å²) in [5.41, 5.74) is 2.70. The lowest BCUT2D eigenvalue weighted by Gasteiger charge is -2.07. The topological polar surface area (TPSA) is 46.5 Å². The number of aryl methyl sites for hydroxylation is 1. The van der Waals surface area contributed by atoms with Gasteiger partial charge in [-0.15, -0.1) is 0 Å². The van der Waals surface area contributed by atoms with Crippen molar-refractivity contribution in [3.63, 3.8) is 0 Å². The number of benzene rings is 2. The van der Waals surface area contributed by atoms with Crippen molar-refractivity contribution in [1.82, 2.24) is 0 Å². The molecule has 2 rings (SSSR count). The van der Waals surface area contributed by atoms with Gasteiger partial charge in [-0.25, -0.2) is 4.79 Å².